The molecule has 4 rings (SSSR count). The first-order valence-corrected chi connectivity index (χ1v) is 16.3. The fourth-order valence-corrected chi connectivity index (χ4v) is 6.53. The Labute approximate surface area is 269 Å². The smallest absolute Gasteiger partial charge is 0.354 e. The van der Waals surface area contributed by atoms with Gasteiger partial charge in [-0.2, -0.15) is 18.2 Å². The molecule has 2 amide bonds. The number of rotatable bonds is 10. The van der Waals surface area contributed by atoms with Gasteiger partial charge in [-0.3, -0.25) is 14.5 Å². The van der Waals surface area contributed by atoms with Gasteiger partial charge in [-0.1, -0.05) is 12.1 Å². The first-order chi connectivity index (χ1) is 21.8. The van der Waals surface area contributed by atoms with Gasteiger partial charge in [-0.25, -0.2) is 4.39 Å². The van der Waals surface area contributed by atoms with Crippen molar-refractivity contribution in [1.82, 2.24) is 15.5 Å². The molecule has 1 aliphatic heterocycles. The minimum atomic E-state index is -4.20. The molecule has 1 heterocycles. The summed E-state index contributed by atoms with van der Waals surface area (Å²) in [7, 11) is 0. The maximum absolute atomic E-state index is 13.5. The van der Waals surface area contributed by atoms with Gasteiger partial charge < -0.3 is 15.5 Å². The summed E-state index contributed by atoms with van der Waals surface area (Å²) in [4.78, 5) is 34.8. The highest BCUT2D eigenvalue weighted by atomic mass is 19.4. The van der Waals surface area contributed by atoms with Crippen molar-refractivity contribution in [3.8, 4) is 0 Å². The lowest BCUT2D eigenvalue weighted by atomic mass is 9.84. The Balaban J connectivity index is 1.51. The van der Waals surface area contributed by atoms with Crippen LogP contribution in [0.1, 0.15) is 80.8 Å². The van der Waals surface area contributed by atoms with Crippen molar-refractivity contribution in [2.45, 2.75) is 91.0 Å². The number of amidine groups is 1. The molecular formula is C35H47F4N5O2. The topological polar surface area (TPSA) is 77.0 Å². The maximum atomic E-state index is 13.5. The standard InChI is InChI=1S/C35H47F4N5O2/c1-23(2)41-33(45)29-9-13-31(14-10-29)44(25(4)42-34(46)28-7-11-30(36)12-8-28)32-19-27(6-5-24(32)3)21-43-17-15-26(16-18-43)20-40-22-35(37,38)39/h5-8,11-12,19,23,26,29,31,40H,9-10,13-18,20-22H2,1-4H3,(H,41,45). The van der Waals surface area contributed by atoms with Crippen LogP contribution in [0.3, 0.4) is 0 Å². The molecular weight excluding hydrogens is 598 g/mol. The normalized spacial score (nSPS) is 20.2. The van der Waals surface area contributed by atoms with Crippen LogP contribution < -0.4 is 15.5 Å². The van der Waals surface area contributed by atoms with Crippen LogP contribution >= 0.6 is 0 Å². The highest BCUT2D eigenvalue weighted by Gasteiger charge is 2.32. The molecule has 11 heteroatoms. The number of benzene rings is 2. The third-order valence-electron chi connectivity index (χ3n) is 8.97. The summed E-state index contributed by atoms with van der Waals surface area (Å²) in [6.45, 7) is 9.49. The van der Waals surface area contributed by atoms with Crippen molar-refractivity contribution >= 4 is 23.3 Å². The summed E-state index contributed by atoms with van der Waals surface area (Å²) in [6.07, 6.45) is 0.438. The van der Waals surface area contributed by atoms with Crippen molar-refractivity contribution in [2.75, 3.05) is 31.1 Å². The fraction of sp³-hybridized carbons (Fsp3) is 0.571. The number of nitrogens with one attached hydrogen (secondary N) is 2. The molecule has 2 aromatic carbocycles. The molecule has 2 fully saturated rings. The predicted molar refractivity (Wildman–Crippen MR) is 173 cm³/mol. The molecule has 0 spiro atoms. The number of carbonyl (C=O) groups excluding carboxylic acids is 2. The van der Waals surface area contributed by atoms with Crippen LogP contribution in [0.15, 0.2) is 47.5 Å². The second-order valence-corrected chi connectivity index (χ2v) is 13.1. The summed E-state index contributed by atoms with van der Waals surface area (Å²) in [5.74, 6) is -0.0943. The van der Waals surface area contributed by atoms with Gasteiger partial charge >= 0.3 is 6.18 Å². The Morgan fingerprint density at radius 3 is 2.26 bits per heavy atom. The number of nitrogens with zero attached hydrogens (tertiary/aromatic N) is 3. The van der Waals surface area contributed by atoms with E-state index in [9.17, 15) is 27.2 Å². The predicted octanol–water partition coefficient (Wildman–Crippen LogP) is 6.65. The summed E-state index contributed by atoms with van der Waals surface area (Å²) in [5.41, 5.74) is 3.38. The van der Waals surface area contributed by atoms with E-state index in [-0.39, 0.29) is 29.8 Å². The molecule has 0 aromatic heterocycles. The highest BCUT2D eigenvalue weighted by Crippen LogP contribution is 2.34. The molecule has 0 radical (unpaired) electrons. The Kier molecular flexibility index (Phi) is 12.4. The second kappa shape index (κ2) is 16.0. The van der Waals surface area contributed by atoms with E-state index in [0.717, 1.165) is 68.4 Å². The Hall–Kier alpha value is -3.31. The minimum Gasteiger partial charge on any atom is -0.354 e. The van der Waals surface area contributed by atoms with Crippen molar-refractivity contribution in [3.63, 3.8) is 0 Å². The summed E-state index contributed by atoms with van der Waals surface area (Å²) in [6, 6.07) is 11.8. The largest absolute Gasteiger partial charge is 0.401 e. The van der Waals surface area contributed by atoms with E-state index in [0.29, 0.717) is 24.5 Å². The maximum Gasteiger partial charge on any atom is 0.401 e. The van der Waals surface area contributed by atoms with Crippen molar-refractivity contribution in [3.05, 3.63) is 65.0 Å². The zero-order valence-electron chi connectivity index (χ0n) is 27.3. The number of likely N-dealkylation sites (tertiary alicyclic amines) is 1. The fourth-order valence-electron chi connectivity index (χ4n) is 6.53. The zero-order valence-corrected chi connectivity index (χ0v) is 27.3. The van der Waals surface area contributed by atoms with Crippen LogP contribution in [0.4, 0.5) is 23.2 Å². The van der Waals surface area contributed by atoms with E-state index in [1.807, 2.05) is 27.7 Å². The number of piperidine rings is 1. The van der Waals surface area contributed by atoms with Gasteiger partial charge in [0.15, 0.2) is 0 Å². The van der Waals surface area contributed by atoms with E-state index in [2.05, 4.69) is 43.6 Å². The second-order valence-electron chi connectivity index (χ2n) is 13.1. The van der Waals surface area contributed by atoms with Gasteiger partial charge in [0.2, 0.25) is 5.91 Å². The molecule has 252 valence electrons. The van der Waals surface area contributed by atoms with Crippen molar-refractivity contribution < 1.29 is 27.2 Å². The first kappa shape index (κ1) is 35.5. The number of hydrogen-bond acceptors (Lipinski definition) is 4. The monoisotopic (exact) mass is 645 g/mol. The summed E-state index contributed by atoms with van der Waals surface area (Å²) in [5, 5.41) is 5.58. The molecule has 0 atom stereocenters. The lowest BCUT2D eigenvalue weighted by Gasteiger charge is -2.39. The van der Waals surface area contributed by atoms with Gasteiger partial charge in [0.25, 0.3) is 5.91 Å². The zero-order chi connectivity index (χ0) is 33.4. The number of alkyl halides is 3. The van der Waals surface area contributed by atoms with E-state index in [1.165, 1.54) is 24.3 Å². The van der Waals surface area contributed by atoms with Crippen molar-refractivity contribution in [1.29, 1.82) is 0 Å². The van der Waals surface area contributed by atoms with Crippen molar-refractivity contribution in [2.24, 2.45) is 16.8 Å². The lowest BCUT2D eigenvalue weighted by molar-refractivity contribution is -0.126. The first-order valence-electron chi connectivity index (χ1n) is 16.3. The number of anilines is 1. The number of halogens is 4. The van der Waals surface area contributed by atoms with Gasteiger partial charge in [0.05, 0.1) is 6.54 Å². The molecule has 1 saturated carbocycles. The SMILES string of the molecule is CC(=NC(=O)c1ccc(F)cc1)N(c1cc(CN2CCC(CNCC(F)(F)F)CC2)ccc1C)C1CCC(C(=O)NC(C)C)CC1. The quantitative estimate of drug-likeness (QED) is 0.172. The number of amides is 2. The van der Waals surface area contributed by atoms with E-state index in [1.54, 1.807) is 0 Å². The van der Waals surface area contributed by atoms with Gasteiger partial charge in [0, 0.05) is 35.8 Å². The Morgan fingerprint density at radius 2 is 1.65 bits per heavy atom. The molecule has 2 aromatic rings. The third-order valence-corrected chi connectivity index (χ3v) is 8.97. The molecule has 2 N–H and O–H groups in total. The molecule has 1 saturated heterocycles. The van der Waals surface area contributed by atoms with E-state index >= 15 is 0 Å². The van der Waals surface area contributed by atoms with E-state index in [4.69, 9.17) is 0 Å². The number of carbonyl (C=O) groups is 2. The van der Waals surface area contributed by atoms with Crippen LogP contribution in [-0.4, -0.2) is 67.0 Å². The molecule has 46 heavy (non-hydrogen) atoms. The van der Waals surface area contributed by atoms with E-state index < -0.39 is 24.4 Å². The Bertz CT molecular complexity index is 1350. The summed E-state index contributed by atoms with van der Waals surface area (Å²) >= 11 is 0. The molecule has 2 aliphatic rings. The van der Waals surface area contributed by atoms with Crippen LogP contribution in [0, 0.1) is 24.6 Å². The van der Waals surface area contributed by atoms with Crippen LogP contribution in [0.5, 0.6) is 0 Å². The van der Waals surface area contributed by atoms with Crippen LogP contribution in [-0.2, 0) is 11.3 Å². The number of aryl methyl sites for hydroxylation is 1. The molecule has 0 unspecified atom stereocenters. The minimum absolute atomic E-state index is 0.0294. The lowest BCUT2D eigenvalue weighted by Crippen LogP contribution is -2.45. The summed E-state index contributed by atoms with van der Waals surface area (Å²) < 4.78 is 51.0. The van der Waals surface area contributed by atoms with Gasteiger partial charge in [-0.15, -0.1) is 0 Å². The highest BCUT2D eigenvalue weighted by molar-refractivity contribution is 6.08. The van der Waals surface area contributed by atoms with Gasteiger partial charge in [-0.05, 0) is 133 Å². The molecule has 7 nitrogen and oxygen atoms in total. The van der Waals surface area contributed by atoms with Crippen LogP contribution in [0.2, 0.25) is 0 Å². The van der Waals surface area contributed by atoms with Gasteiger partial charge in [0.1, 0.15) is 11.7 Å². The van der Waals surface area contributed by atoms with Crippen LogP contribution in [0.25, 0.3) is 0 Å². The number of hydrogen-bond donors (Lipinski definition) is 2. The average Bonchev–Trinajstić information content (AvgIpc) is 2.99. The molecule has 0 bridgehead atoms. The Morgan fingerprint density at radius 1 is 1.00 bits per heavy atom. The molecule has 1 aliphatic carbocycles. The number of aliphatic imine (C=N–C) groups is 1. The average molecular weight is 646 g/mol. The third kappa shape index (κ3) is 10.4.